The molecule has 2 unspecified atom stereocenters. The van der Waals surface area contributed by atoms with E-state index in [1.807, 2.05) is 18.2 Å². The van der Waals surface area contributed by atoms with Crippen LogP contribution >= 0.6 is 0 Å². The van der Waals surface area contributed by atoms with Crippen LogP contribution in [0, 0.1) is 5.92 Å². The number of hydrogen-bond donors (Lipinski definition) is 2. The van der Waals surface area contributed by atoms with E-state index in [4.69, 9.17) is 15.2 Å². The molecule has 1 aromatic rings. The highest BCUT2D eigenvalue weighted by Crippen LogP contribution is 2.30. The summed E-state index contributed by atoms with van der Waals surface area (Å²) in [6.45, 7) is 1.83. The van der Waals surface area contributed by atoms with Crippen molar-refractivity contribution in [1.29, 1.82) is 0 Å². The second-order valence-electron chi connectivity index (χ2n) is 6.49. The van der Waals surface area contributed by atoms with Crippen LogP contribution in [0.2, 0.25) is 0 Å². The van der Waals surface area contributed by atoms with Crippen LogP contribution in [0.1, 0.15) is 37.7 Å². The molecule has 1 amide bonds. The fourth-order valence-electron chi connectivity index (χ4n) is 3.39. The average Bonchev–Trinajstić information content (AvgIpc) is 2.57. The normalized spacial score (nSPS) is 23.3. The van der Waals surface area contributed by atoms with Crippen molar-refractivity contribution >= 4 is 5.91 Å². The number of nitrogens with two attached hydrogens (primary N) is 1. The molecule has 2 aliphatic rings. The summed E-state index contributed by atoms with van der Waals surface area (Å²) in [4.78, 5) is 12.1. The Hall–Kier alpha value is -1.75. The molecular weight excluding hydrogens is 292 g/mol. The molecule has 23 heavy (non-hydrogen) atoms. The SMILES string of the molecule is NC1CCCCC1CC(=O)NCCc1ccc2c(c1)OCCO2. The summed E-state index contributed by atoms with van der Waals surface area (Å²) >= 11 is 0. The molecule has 1 fully saturated rings. The molecule has 0 saturated heterocycles. The second-order valence-corrected chi connectivity index (χ2v) is 6.49. The van der Waals surface area contributed by atoms with Crippen LogP contribution in [0.15, 0.2) is 18.2 Å². The third-order valence-corrected chi connectivity index (χ3v) is 4.76. The predicted octanol–water partition coefficient (Wildman–Crippen LogP) is 2.02. The lowest BCUT2D eigenvalue weighted by Crippen LogP contribution is -2.37. The van der Waals surface area contributed by atoms with Crippen LogP contribution in [0.25, 0.3) is 0 Å². The number of benzene rings is 1. The highest BCUT2D eigenvalue weighted by molar-refractivity contribution is 5.76. The first-order valence-corrected chi connectivity index (χ1v) is 8.63. The molecule has 1 saturated carbocycles. The Morgan fingerprint density at radius 1 is 1.17 bits per heavy atom. The van der Waals surface area contributed by atoms with E-state index in [-0.39, 0.29) is 11.9 Å². The van der Waals surface area contributed by atoms with Crippen molar-refractivity contribution in [3.8, 4) is 11.5 Å². The maximum absolute atomic E-state index is 12.1. The quantitative estimate of drug-likeness (QED) is 0.871. The van der Waals surface area contributed by atoms with Crippen LogP contribution < -0.4 is 20.5 Å². The molecule has 1 aliphatic carbocycles. The summed E-state index contributed by atoms with van der Waals surface area (Å²) in [5.41, 5.74) is 7.25. The summed E-state index contributed by atoms with van der Waals surface area (Å²) in [6.07, 6.45) is 5.87. The number of amides is 1. The van der Waals surface area contributed by atoms with Gasteiger partial charge in [-0.05, 0) is 42.9 Å². The number of fused-ring (bicyclic) bond motifs is 1. The van der Waals surface area contributed by atoms with Gasteiger partial charge < -0.3 is 20.5 Å². The molecule has 0 bridgehead atoms. The molecule has 0 aromatic heterocycles. The number of ether oxygens (including phenoxy) is 2. The lowest BCUT2D eigenvalue weighted by Gasteiger charge is -2.27. The van der Waals surface area contributed by atoms with Gasteiger partial charge >= 0.3 is 0 Å². The van der Waals surface area contributed by atoms with Crippen LogP contribution in [-0.4, -0.2) is 31.7 Å². The van der Waals surface area contributed by atoms with Gasteiger partial charge in [-0.25, -0.2) is 0 Å². The largest absolute Gasteiger partial charge is 0.486 e. The highest BCUT2D eigenvalue weighted by atomic mass is 16.6. The monoisotopic (exact) mass is 318 g/mol. The van der Waals surface area contributed by atoms with E-state index >= 15 is 0 Å². The molecule has 1 heterocycles. The Balaban J connectivity index is 1.43. The maximum Gasteiger partial charge on any atom is 0.220 e. The van der Waals surface area contributed by atoms with Gasteiger partial charge in [0.2, 0.25) is 5.91 Å². The minimum atomic E-state index is 0.116. The molecule has 1 aromatic carbocycles. The highest BCUT2D eigenvalue weighted by Gasteiger charge is 2.23. The topological polar surface area (TPSA) is 73.6 Å². The number of carbonyl (C=O) groups is 1. The Labute approximate surface area is 137 Å². The van der Waals surface area contributed by atoms with Gasteiger partial charge in [-0.1, -0.05) is 18.9 Å². The van der Waals surface area contributed by atoms with E-state index in [1.165, 1.54) is 12.8 Å². The molecule has 0 radical (unpaired) electrons. The Morgan fingerprint density at radius 2 is 1.96 bits per heavy atom. The van der Waals surface area contributed by atoms with Gasteiger partial charge in [-0.15, -0.1) is 0 Å². The molecule has 1 aliphatic heterocycles. The first-order valence-electron chi connectivity index (χ1n) is 8.63. The molecular formula is C18H26N2O3. The fraction of sp³-hybridized carbons (Fsp3) is 0.611. The van der Waals surface area contributed by atoms with Crippen LogP contribution in [0.4, 0.5) is 0 Å². The van der Waals surface area contributed by atoms with E-state index in [1.54, 1.807) is 0 Å². The van der Waals surface area contributed by atoms with Crippen molar-refractivity contribution in [2.24, 2.45) is 11.7 Å². The lowest BCUT2D eigenvalue weighted by atomic mass is 9.83. The van der Waals surface area contributed by atoms with E-state index in [0.717, 1.165) is 36.3 Å². The Kier molecular flexibility index (Phi) is 5.39. The molecule has 3 N–H and O–H groups in total. The van der Waals surface area contributed by atoms with Crippen molar-refractivity contribution in [2.45, 2.75) is 44.6 Å². The maximum atomic E-state index is 12.1. The zero-order chi connectivity index (χ0) is 16.1. The molecule has 3 rings (SSSR count). The van der Waals surface area contributed by atoms with E-state index in [0.29, 0.717) is 32.1 Å². The van der Waals surface area contributed by atoms with E-state index < -0.39 is 0 Å². The first kappa shape index (κ1) is 16.1. The standard InChI is InChI=1S/C18H26N2O3/c19-15-4-2-1-3-14(15)12-18(21)20-8-7-13-5-6-16-17(11-13)23-10-9-22-16/h5-6,11,14-15H,1-4,7-10,12,19H2,(H,20,21). The van der Waals surface area contributed by atoms with Gasteiger partial charge in [-0.2, -0.15) is 0 Å². The van der Waals surface area contributed by atoms with Crippen molar-refractivity contribution in [3.63, 3.8) is 0 Å². The van der Waals surface area contributed by atoms with E-state index in [9.17, 15) is 4.79 Å². The third kappa shape index (κ3) is 4.38. The summed E-state index contributed by atoms with van der Waals surface area (Å²) in [7, 11) is 0. The lowest BCUT2D eigenvalue weighted by molar-refractivity contribution is -0.122. The summed E-state index contributed by atoms with van der Waals surface area (Å²) in [5.74, 6) is 2.06. The molecule has 126 valence electrons. The molecule has 5 heteroatoms. The number of nitrogens with one attached hydrogen (secondary N) is 1. The third-order valence-electron chi connectivity index (χ3n) is 4.76. The summed E-state index contributed by atoms with van der Waals surface area (Å²) < 4.78 is 11.1. The van der Waals surface area contributed by atoms with Crippen molar-refractivity contribution in [1.82, 2.24) is 5.32 Å². The first-order chi connectivity index (χ1) is 11.2. The Bertz CT molecular complexity index is 547. The number of rotatable bonds is 5. The minimum Gasteiger partial charge on any atom is -0.486 e. The summed E-state index contributed by atoms with van der Waals surface area (Å²) in [6, 6.07) is 6.15. The number of hydrogen-bond acceptors (Lipinski definition) is 4. The fourth-order valence-corrected chi connectivity index (χ4v) is 3.39. The van der Waals surface area contributed by atoms with Crippen LogP contribution in [0.3, 0.4) is 0 Å². The zero-order valence-electron chi connectivity index (χ0n) is 13.6. The van der Waals surface area contributed by atoms with Gasteiger partial charge in [0.05, 0.1) is 0 Å². The van der Waals surface area contributed by atoms with Crippen LogP contribution in [0.5, 0.6) is 11.5 Å². The second kappa shape index (κ2) is 7.68. The molecule has 0 spiro atoms. The zero-order valence-corrected chi connectivity index (χ0v) is 13.6. The van der Waals surface area contributed by atoms with Gasteiger partial charge in [0, 0.05) is 19.0 Å². The van der Waals surface area contributed by atoms with Gasteiger partial charge in [0.25, 0.3) is 0 Å². The Morgan fingerprint density at radius 3 is 2.78 bits per heavy atom. The minimum absolute atomic E-state index is 0.116. The molecule has 2 atom stereocenters. The number of carbonyl (C=O) groups excluding carboxylic acids is 1. The average molecular weight is 318 g/mol. The van der Waals surface area contributed by atoms with Gasteiger partial charge in [0.1, 0.15) is 13.2 Å². The van der Waals surface area contributed by atoms with Crippen molar-refractivity contribution in [3.05, 3.63) is 23.8 Å². The van der Waals surface area contributed by atoms with Crippen molar-refractivity contribution < 1.29 is 14.3 Å². The van der Waals surface area contributed by atoms with Gasteiger partial charge in [0.15, 0.2) is 11.5 Å². The van der Waals surface area contributed by atoms with Gasteiger partial charge in [-0.3, -0.25) is 4.79 Å². The smallest absolute Gasteiger partial charge is 0.220 e. The van der Waals surface area contributed by atoms with E-state index in [2.05, 4.69) is 5.32 Å². The predicted molar refractivity (Wildman–Crippen MR) is 88.7 cm³/mol. The van der Waals surface area contributed by atoms with Crippen LogP contribution in [-0.2, 0) is 11.2 Å². The molecule has 5 nitrogen and oxygen atoms in total. The van der Waals surface area contributed by atoms with Crippen molar-refractivity contribution in [2.75, 3.05) is 19.8 Å². The summed E-state index contributed by atoms with van der Waals surface area (Å²) in [5, 5.41) is 3.01.